The zero-order chi connectivity index (χ0) is 13.0. The Balaban J connectivity index is 1.77. The summed E-state index contributed by atoms with van der Waals surface area (Å²) < 4.78 is 10.6. The first kappa shape index (κ1) is 14.3. The van der Waals surface area contributed by atoms with Crippen LogP contribution in [0.25, 0.3) is 0 Å². The molecule has 0 saturated heterocycles. The Morgan fingerprint density at radius 1 is 0.778 bits per heavy atom. The van der Waals surface area contributed by atoms with Crippen molar-refractivity contribution in [3.05, 3.63) is 0 Å². The highest BCUT2D eigenvalue weighted by Crippen LogP contribution is 2.28. The Bertz CT molecular complexity index is 259. The highest BCUT2D eigenvalue weighted by molar-refractivity contribution is 6.21. The number of ether oxygens (including phenoxy) is 2. The average molecular weight is 295 g/mol. The smallest absolute Gasteiger partial charge is 0.429 e. The summed E-state index contributed by atoms with van der Waals surface area (Å²) in [5, 5.41) is -0.158. The van der Waals surface area contributed by atoms with Crippen LogP contribution in [-0.2, 0) is 9.47 Å². The Morgan fingerprint density at radius 2 is 1.17 bits per heavy atom. The first-order valence-electron chi connectivity index (χ1n) is 6.82. The molecule has 0 aromatic rings. The molecule has 4 unspecified atom stereocenters. The molecule has 2 aliphatic carbocycles. The Morgan fingerprint density at radius 3 is 1.56 bits per heavy atom. The average Bonchev–Trinajstić information content (AvgIpc) is 2.35. The van der Waals surface area contributed by atoms with Crippen LogP contribution in [0.3, 0.4) is 0 Å². The van der Waals surface area contributed by atoms with Crippen molar-refractivity contribution in [1.29, 1.82) is 0 Å². The topological polar surface area (TPSA) is 35.5 Å². The van der Waals surface area contributed by atoms with E-state index >= 15 is 0 Å². The van der Waals surface area contributed by atoms with Crippen LogP contribution in [0.4, 0.5) is 4.79 Å². The summed E-state index contributed by atoms with van der Waals surface area (Å²) in [6, 6.07) is 0. The summed E-state index contributed by atoms with van der Waals surface area (Å²) in [5.74, 6) is 0. The second kappa shape index (κ2) is 6.85. The summed E-state index contributed by atoms with van der Waals surface area (Å²) in [7, 11) is 0. The van der Waals surface area contributed by atoms with Crippen molar-refractivity contribution in [2.75, 3.05) is 0 Å². The molecule has 0 aromatic heterocycles. The van der Waals surface area contributed by atoms with Crippen LogP contribution < -0.4 is 0 Å². The molecule has 0 aliphatic heterocycles. The fraction of sp³-hybridized carbons (Fsp3) is 0.923. The summed E-state index contributed by atoms with van der Waals surface area (Å²) in [4.78, 5) is 11.7. The van der Waals surface area contributed by atoms with E-state index in [1.165, 1.54) is 0 Å². The molecule has 2 aliphatic rings. The number of carbonyl (C=O) groups excluding carboxylic acids is 1. The number of hydrogen-bond donors (Lipinski definition) is 0. The largest absolute Gasteiger partial charge is 0.508 e. The van der Waals surface area contributed by atoms with Gasteiger partial charge < -0.3 is 9.47 Å². The van der Waals surface area contributed by atoms with Crippen LogP contribution in [0.2, 0.25) is 0 Å². The molecule has 5 heteroatoms. The van der Waals surface area contributed by atoms with Crippen LogP contribution in [0.15, 0.2) is 0 Å². The van der Waals surface area contributed by atoms with Gasteiger partial charge in [-0.3, -0.25) is 0 Å². The lowest BCUT2D eigenvalue weighted by atomic mass is 9.97. The van der Waals surface area contributed by atoms with Gasteiger partial charge in [-0.1, -0.05) is 12.8 Å². The second-order valence-electron chi connectivity index (χ2n) is 5.16. The summed E-state index contributed by atoms with van der Waals surface area (Å²) >= 11 is 12.3. The molecule has 0 heterocycles. The molecule has 4 atom stereocenters. The standard InChI is InChI=1S/C13H20Cl2O3/c14-9-5-1-3-7-11(9)17-13(16)18-12-8-4-2-6-10(12)15/h9-12H,1-8H2. The number of carbonyl (C=O) groups is 1. The van der Waals surface area contributed by atoms with Crippen LogP contribution in [0.5, 0.6) is 0 Å². The van der Waals surface area contributed by atoms with Gasteiger partial charge in [0.1, 0.15) is 12.2 Å². The highest BCUT2D eigenvalue weighted by Gasteiger charge is 2.31. The van der Waals surface area contributed by atoms with Gasteiger partial charge in [-0.25, -0.2) is 4.79 Å². The predicted molar refractivity (Wildman–Crippen MR) is 71.4 cm³/mol. The van der Waals surface area contributed by atoms with Crippen LogP contribution in [-0.4, -0.2) is 29.1 Å². The molecule has 2 fully saturated rings. The lowest BCUT2D eigenvalue weighted by Crippen LogP contribution is -2.35. The van der Waals surface area contributed by atoms with E-state index in [2.05, 4.69) is 0 Å². The monoisotopic (exact) mass is 294 g/mol. The van der Waals surface area contributed by atoms with Crippen molar-refractivity contribution >= 4 is 29.4 Å². The fourth-order valence-corrected chi connectivity index (χ4v) is 3.31. The fourth-order valence-electron chi connectivity index (χ4n) is 2.64. The maximum atomic E-state index is 11.7. The SMILES string of the molecule is O=C(OC1CCCCC1Cl)OC1CCCCC1Cl. The Hall–Kier alpha value is -0.150. The lowest BCUT2D eigenvalue weighted by molar-refractivity contribution is -0.0167. The maximum Gasteiger partial charge on any atom is 0.508 e. The Kier molecular flexibility index (Phi) is 5.43. The van der Waals surface area contributed by atoms with E-state index in [1.807, 2.05) is 0 Å². The minimum atomic E-state index is -0.606. The summed E-state index contributed by atoms with van der Waals surface area (Å²) in [6.45, 7) is 0. The lowest BCUT2D eigenvalue weighted by Gasteiger charge is -2.29. The third kappa shape index (κ3) is 3.92. The number of halogens is 2. The summed E-state index contributed by atoms with van der Waals surface area (Å²) in [6.07, 6.45) is 6.79. The number of rotatable bonds is 2. The molecule has 2 rings (SSSR count). The van der Waals surface area contributed by atoms with Gasteiger partial charge in [0, 0.05) is 0 Å². The normalized spacial score (nSPS) is 37.0. The van der Waals surface area contributed by atoms with Gasteiger partial charge in [-0.15, -0.1) is 23.2 Å². The minimum absolute atomic E-state index is 0.0792. The van der Waals surface area contributed by atoms with Gasteiger partial charge in [0.25, 0.3) is 0 Å². The third-order valence-electron chi connectivity index (χ3n) is 3.74. The van der Waals surface area contributed by atoms with Gasteiger partial charge in [0.05, 0.1) is 10.8 Å². The van der Waals surface area contributed by atoms with E-state index in [1.54, 1.807) is 0 Å². The highest BCUT2D eigenvalue weighted by atomic mass is 35.5. The first-order chi connectivity index (χ1) is 8.66. The maximum absolute atomic E-state index is 11.7. The molecule has 0 spiro atoms. The van der Waals surface area contributed by atoms with Gasteiger partial charge in [-0.2, -0.15) is 0 Å². The van der Waals surface area contributed by atoms with E-state index in [4.69, 9.17) is 32.7 Å². The molecule has 3 nitrogen and oxygen atoms in total. The molecule has 18 heavy (non-hydrogen) atoms. The number of hydrogen-bond acceptors (Lipinski definition) is 3. The van der Waals surface area contributed by atoms with E-state index in [0.717, 1.165) is 51.4 Å². The molecule has 2 saturated carbocycles. The van der Waals surface area contributed by atoms with Crippen molar-refractivity contribution in [2.45, 2.75) is 74.3 Å². The quantitative estimate of drug-likeness (QED) is 0.564. The van der Waals surface area contributed by atoms with Crippen molar-refractivity contribution in [1.82, 2.24) is 0 Å². The van der Waals surface area contributed by atoms with Crippen molar-refractivity contribution in [3.8, 4) is 0 Å². The van der Waals surface area contributed by atoms with Crippen molar-refractivity contribution in [3.63, 3.8) is 0 Å². The van der Waals surface area contributed by atoms with E-state index < -0.39 is 6.16 Å². The van der Waals surface area contributed by atoms with Gasteiger partial charge in [-0.05, 0) is 38.5 Å². The minimum Gasteiger partial charge on any atom is -0.429 e. The van der Waals surface area contributed by atoms with Crippen LogP contribution >= 0.6 is 23.2 Å². The third-order valence-corrected chi connectivity index (χ3v) is 4.74. The van der Waals surface area contributed by atoms with E-state index in [9.17, 15) is 4.79 Å². The molecule has 104 valence electrons. The zero-order valence-corrected chi connectivity index (χ0v) is 12.0. The van der Waals surface area contributed by atoms with Crippen molar-refractivity contribution < 1.29 is 14.3 Å². The molecule has 0 aromatic carbocycles. The molecule has 0 bridgehead atoms. The second-order valence-corrected chi connectivity index (χ2v) is 6.28. The molecule has 0 amide bonds. The van der Waals surface area contributed by atoms with Gasteiger partial charge >= 0.3 is 6.16 Å². The zero-order valence-electron chi connectivity index (χ0n) is 10.4. The van der Waals surface area contributed by atoms with Gasteiger partial charge in [0.15, 0.2) is 0 Å². The summed E-state index contributed by atoms with van der Waals surface area (Å²) in [5.41, 5.74) is 0. The molecular weight excluding hydrogens is 275 g/mol. The van der Waals surface area contributed by atoms with Gasteiger partial charge in [0.2, 0.25) is 0 Å². The molecule has 0 N–H and O–H groups in total. The van der Waals surface area contributed by atoms with Crippen LogP contribution in [0.1, 0.15) is 51.4 Å². The molecular formula is C13H20Cl2O3. The van der Waals surface area contributed by atoms with E-state index in [0.29, 0.717) is 0 Å². The Labute approximate surface area is 118 Å². The van der Waals surface area contributed by atoms with E-state index in [-0.39, 0.29) is 23.0 Å². The predicted octanol–water partition coefficient (Wildman–Crippen LogP) is 4.24. The van der Waals surface area contributed by atoms with Crippen molar-refractivity contribution in [2.24, 2.45) is 0 Å². The molecule has 0 radical (unpaired) electrons. The first-order valence-corrected chi connectivity index (χ1v) is 7.69. The van der Waals surface area contributed by atoms with Crippen LogP contribution in [0, 0.1) is 0 Å². The number of alkyl halides is 2.